The average molecular weight is 237 g/mol. The van der Waals surface area contributed by atoms with Gasteiger partial charge in [0.15, 0.2) is 0 Å². The van der Waals surface area contributed by atoms with Gasteiger partial charge in [-0.15, -0.1) is 5.10 Å². The van der Waals surface area contributed by atoms with Gasteiger partial charge in [-0.1, -0.05) is 0 Å². The van der Waals surface area contributed by atoms with Crippen molar-refractivity contribution in [1.29, 1.82) is 0 Å². The summed E-state index contributed by atoms with van der Waals surface area (Å²) in [4.78, 5) is 22.5. The lowest BCUT2D eigenvalue weighted by atomic mass is 10.3. The van der Waals surface area contributed by atoms with Crippen LogP contribution in [0.4, 0.5) is 4.39 Å². The van der Waals surface area contributed by atoms with E-state index in [0.717, 1.165) is 21.4 Å². The van der Waals surface area contributed by atoms with E-state index in [-0.39, 0.29) is 5.82 Å². The van der Waals surface area contributed by atoms with E-state index in [1.807, 2.05) is 0 Å². The summed E-state index contributed by atoms with van der Waals surface area (Å²) in [5, 5.41) is 12.5. The number of hydrogen-bond acceptors (Lipinski definition) is 3. The molecule has 17 heavy (non-hydrogen) atoms. The van der Waals surface area contributed by atoms with Gasteiger partial charge in [0.05, 0.1) is 5.69 Å². The summed E-state index contributed by atoms with van der Waals surface area (Å²) in [5.74, 6) is -2.12. The Morgan fingerprint density at radius 1 is 1.35 bits per heavy atom. The van der Waals surface area contributed by atoms with Gasteiger partial charge in [-0.3, -0.25) is 4.57 Å². The predicted molar refractivity (Wildman–Crippen MR) is 55.7 cm³/mol. The Bertz CT molecular complexity index is 627. The van der Waals surface area contributed by atoms with E-state index in [1.54, 1.807) is 0 Å². The van der Waals surface area contributed by atoms with Crippen LogP contribution in [-0.4, -0.2) is 25.4 Å². The third-order valence-corrected chi connectivity index (χ3v) is 2.24. The highest BCUT2D eigenvalue weighted by Gasteiger charge is 2.16. The molecule has 0 aliphatic carbocycles. The molecule has 0 radical (unpaired) electrons. The highest BCUT2D eigenvalue weighted by molar-refractivity contribution is 5.83. The van der Waals surface area contributed by atoms with Crippen molar-refractivity contribution in [3.05, 3.63) is 46.4 Å². The Balaban J connectivity index is 2.61. The van der Waals surface area contributed by atoms with Gasteiger partial charge in [0.1, 0.15) is 5.82 Å². The Hall–Kier alpha value is -2.44. The topological polar surface area (TPSA) is 77.1 Å². The molecule has 1 heterocycles. The van der Waals surface area contributed by atoms with Crippen molar-refractivity contribution in [2.45, 2.75) is 0 Å². The van der Waals surface area contributed by atoms with Crippen LogP contribution in [0, 0.1) is 5.82 Å². The summed E-state index contributed by atoms with van der Waals surface area (Å²) in [6.45, 7) is 0. The van der Waals surface area contributed by atoms with Crippen LogP contribution in [0.5, 0.6) is 0 Å². The van der Waals surface area contributed by atoms with Crippen molar-refractivity contribution in [3.63, 3.8) is 0 Å². The molecule has 0 aliphatic rings. The van der Waals surface area contributed by atoms with E-state index in [4.69, 9.17) is 5.11 Å². The molecule has 1 N–H and O–H groups in total. The summed E-state index contributed by atoms with van der Waals surface area (Å²) in [6.07, 6.45) is 0. The molecule has 88 valence electrons. The summed E-state index contributed by atoms with van der Waals surface area (Å²) in [6, 6.07) is 5.01. The number of halogens is 1. The van der Waals surface area contributed by atoms with Crippen LogP contribution in [0.3, 0.4) is 0 Å². The zero-order valence-corrected chi connectivity index (χ0v) is 8.79. The lowest BCUT2D eigenvalue weighted by Gasteiger charge is -1.97. The fraction of sp³-hybridized carbons (Fsp3) is 0.100. The number of nitrogens with zero attached hydrogens (tertiary/aromatic N) is 3. The van der Waals surface area contributed by atoms with Crippen molar-refractivity contribution >= 4 is 5.97 Å². The fourth-order valence-electron chi connectivity index (χ4n) is 1.37. The van der Waals surface area contributed by atoms with Crippen LogP contribution in [0.2, 0.25) is 0 Å². The van der Waals surface area contributed by atoms with Crippen molar-refractivity contribution in [2.24, 2.45) is 7.05 Å². The molecular weight excluding hydrogens is 229 g/mol. The van der Waals surface area contributed by atoms with E-state index in [2.05, 4.69) is 5.10 Å². The summed E-state index contributed by atoms with van der Waals surface area (Å²) >= 11 is 0. The van der Waals surface area contributed by atoms with Crippen LogP contribution >= 0.6 is 0 Å². The second-order valence-electron chi connectivity index (χ2n) is 3.36. The van der Waals surface area contributed by atoms with Gasteiger partial charge < -0.3 is 5.11 Å². The SMILES string of the molecule is Cn1c(C(=O)O)nn(-c2ccc(F)cc2)c1=O. The Kier molecular flexibility index (Phi) is 2.51. The maximum atomic E-state index is 12.7. The first kappa shape index (κ1) is 11.1. The van der Waals surface area contributed by atoms with Crippen molar-refractivity contribution in [2.75, 3.05) is 0 Å². The molecule has 0 bridgehead atoms. The normalized spacial score (nSPS) is 10.5. The monoisotopic (exact) mass is 237 g/mol. The van der Waals surface area contributed by atoms with E-state index in [1.165, 1.54) is 19.2 Å². The molecule has 0 amide bonds. The molecule has 6 nitrogen and oxygen atoms in total. The summed E-state index contributed by atoms with van der Waals surface area (Å²) in [5.41, 5.74) is -0.298. The molecule has 1 aromatic carbocycles. The number of carboxylic acids is 1. The lowest BCUT2D eigenvalue weighted by molar-refractivity contribution is 0.0678. The van der Waals surface area contributed by atoms with E-state index < -0.39 is 17.5 Å². The molecule has 0 saturated carbocycles. The largest absolute Gasteiger partial charge is 0.475 e. The number of aromatic nitrogens is 3. The minimum Gasteiger partial charge on any atom is -0.475 e. The van der Waals surface area contributed by atoms with E-state index in [0.29, 0.717) is 5.69 Å². The number of carbonyl (C=O) groups is 1. The van der Waals surface area contributed by atoms with Crippen LogP contribution in [-0.2, 0) is 7.05 Å². The van der Waals surface area contributed by atoms with Crippen LogP contribution in [0.25, 0.3) is 5.69 Å². The quantitative estimate of drug-likeness (QED) is 0.820. The first-order valence-corrected chi connectivity index (χ1v) is 4.66. The molecule has 7 heteroatoms. The molecule has 0 saturated heterocycles. The van der Waals surface area contributed by atoms with Gasteiger partial charge in [0.25, 0.3) is 0 Å². The zero-order valence-electron chi connectivity index (χ0n) is 8.79. The van der Waals surface area contributed by atoms with Gasteiger partial charge in [-0.05, 0) is 24.3 Å². The van der Waals surface area contributed by atoms with Gasteiger partial charge in [-0.2, -0.15) is 4.68 Å². The second kappa shape index (κ2) is 3.85. The molecule has 0 aliphatic heterocycles. The fourth-order valence-corrected chi connectivity index (χ4v) is 1.37. The highest BCUT2D eigenvalue weighted by atomic mass is 19.1. The molecule has 0 fully saturated rings. The first-order chi connectivity index (χ1) is 8.00. The van der Waals surface area contributed by atoms with Gasteiger partial charge in [0, 0.05) is 7.05 Å². The average Bonchev–Trinajstić information content (AvgIpc) is 2.58. The van der Waals surface area contributed by atoms with Crippen molar-refractivity contribution in [3.8, 4) is 5.69 Å². The number of aromatic carboxylic acids is 1. The Labute approximate surface area is 94.5 Å². The molecule has 0 spiro atoms. The van der Waals surface area contributed by atoms with Crippen LogP contribution < -0.4 is 5.69 Å². The van der Waals surface area contributed by atoms with Gasteiger partial charge in [-0.25, -0.2) is 14.0 Å². The maximum Gasteiger partial charge on any atom is 0.374 e. The van der Waals surface area contributed by atoms with Crippen molar-refractivity contribution in [1.82, 2.24) is 14.3 Å². The summed E-state index contributed by atoms with van der Waals surface area (Å²) in [7, 11) is 1.30. The predicted octanol–water partition coefficient (Wildman–Crippen LogP) is 0.408. The number of hydrogen-bond donors (Lipinski definition) is 1. The maximum absolute atomic E-state index is 12.7. The lowest BCUT2D eigenvalue weighted by Crippen LogP contribution is -2.22. The first-order valence-electron chi connectivity index (χ1n) is 4.66. The number of carboxylic acid groups (broad SMARTS) is 1. The molecule has 2 aromatic rings. The van der Waals surface area contributed by atoms with Crippen LogP contribution in [0.15, 0.2) is 29.1 Å². The molecule has 0 atom stereocenters. The minimum absolute atomic E-state index is 0.305. The molecule has 0 unspecified atom stereocenters. The highest BCUT2D eigenvalue weighted by Crippen LogP contribution is 2.06. The smallest absolute Gasteiger partial charge is 0.374 e. The number of rotatable bonds is 2. The van der Waals surface area contributed by atoms with Crippen LogP contribution in [0.1, 0.15) is 10.6 Å². The molecular formula is C10H8FN3O3. The Morgan fingerprint density at radius 3 is 2.41 bits per heavy atom. The Morgan fingerprint density at radius 2 is 1.94 bits per heavy atom. The van der Waals surface area contributed by atoms with Gasteiger partial charge in [0.2, 0.25) is 5.82 Å². The minimum atomic E-state index is -1.30. The summed E-state index contributed by atoms with van der Waals surface area (Å²) < 4.78 is 14.5. The molecule has 2 rings (SSSR count). The third kappa shape index (κ3) is 1.82. The van der Waals surface area contributed by atoms with Crippen molar-refractivity contribution < 1.29 is 14.3 Å². The second-order valence-corrected chi connectivity index (χ2v) is 3.36. The molecule has 1 aromatic heterocycles. The van der Waals surface area contributed by atoms with E-state index >= 15 is 0 Å². The zero-order chi connectivity index (χ0) is 12.6. The van der Waals surface area contributed by atoms with E-state index in [9.17, 15) is 14.0 Å². The standard InChI is InChI=1S/C10H8FN3O3/c1-13-8(9(15)16)12-14(10(13)17)7-4-2-6(11)3-5-7/h2-5H,1H3,(H,15,16). The third-order valence-electron chi connectivity index (χ3n) is 2.24. The van der Waals surface area contributed by atoms with Gasteiger partial charge >= 0.3 is 11.7 Å². The number of benzene rings is 1.